The predicted molar refractivity (Wildman–Crippen MR) is 79.1 cm³/mol. The van der Waals surface area contributed by atoms with Gasteiger partial charge in [-0.2, -0.15) is 0 Å². The zero-order chi connectivity index (χ0) is 15.0. The van der Waals surface area contributed by atoms with E-state index in [0.717, 1.165) is 0 Å². The number of halogens is 1. The largest absolute Gasteiger partial charge is 0.325 e. The van der Waals surface area contributed by atoms with Crippen molar-refractivity contribution < 1.29 is 14.4 Å². The molecule has 2 aromatic carbocycles. The molecule has 0 aromatic heterocycles. The van der Waals surface area contributed by atoms with Gasteiger partial charge < -0.3 is 5.32 Å². The summed E-state index contributed by atoms with van der Waals surface area (Å²) in [7, 11) is 0. The lowest BCUT2D eigenvalue weighted by molar-refractivity contribution is -0.113. The van der Waals surface area contributed by atoms with Crippen LogP contribution in [0.2, 0.25) is 0 Å². The fraction of sp³-hybridized carbons (Fsp3) is 0.0625. The van der Waals surface area contributed by atoms with Gasteiger partial charge in [0.05, 0.1) is 0 Å². The van der Waals surface area contributed by atoms with Crippen molar-refractivity contribution >= 4 is 34.8 Å². The van der Waals surface area contributed by atoms with Crippen molar-refractivity contribution in [2.75, 3.05) is 11.2 Å². The molecule has 0 aliphatic heterocycles. The molecule has 21 heavy (non-hydrogen) atoms. The number of fused-ring (bicyclic) bond motifs is 2. The zero-order valence-electron chi connectivity index (χ0n) is 10.9. The maximum Gasteiger partial charge on any atom is 0.239 e. The van der Waals surface area contributed by atoms with Gasteiger partial charge in [-0.15, -0.1) is 11.6 Å². The Morgan fingerprint density at radius 1 is 0.905 bits per heavy atom. The van der Waals surface area contributed by atoms with Crippen molar-refractivity contribution in [3.05, 3.63) is 64.7 Å². The van der Waals surface area contributed by atoms with Crippen LogP contribution < -0.4 is 5.32 Å². The smallest absolute Gasteiger partial charge is 0.239 e. The van der Waals surface area contributed by atoms with Gasteiger partial charge in [0, 0.05) is 27.9 Å². The molecule has 1 N–H and O–H groups in total. The molecule has 4 nitrogen and oxygen atoms in total. The Kier molecular flexibility index (Phi) is 3.31. The van der Waals surface area contributed by atoms with Gasteiger partial charge in [0.1, 0.15) is 5.88 Å². The summed E-state index contributed by atoms with van der Waals surface area (Å²) >= 11 is 5.43. The average Bonchev–Trinajstić information content (AvgIpc) is 2.52. The fourth-order valence-corrected chi connectivity index (χ4v) is 2.44. The van der Waals surface area contributed by atoms with Crippen LogP contribution in [0.3, 0.4) is 0 Å². The zero-order valence-corrected chi connectivity index (χ0v) is 11.6. The summed E-state index contributed by atoms with van der Waals surface area (Å²) in [6.45, 7) is 0. The second-order valence-electron chi connectivity index (χ2n) is 4.65. The van der Waals surface area contributed by atoms with Crippen LogP contribution >= 0.6 is 11.6 Å². The van der Waals surface area contributed by atoms with E-state index in [2.05, 4.69) is 5.32 Å². The normalized spacial score (nSPS) is 12.6. The quantitative estimate of drug-likeness (QED) is 0.740. The van der Waals surface area contributed by atoms with Crippen molar-refractivity contribution in [3.8, 4) is 0 Å². The van der Waals surface area contributed by atoms with Crippen LogP contribution in [0.15, 0.2) is 42.5 Å². The third kappa shape index (κ3) is 2.23. The summed E-state index contributed by atoms with van der Waals surface area (Å²) in [5.74, 6) is -0.948. The van der Waals surface area contributed by atoms with E-state index in [9.17, 15) is 14.4 Å². The van der Waals surface area contributed by atoms with Crippen LogP contribution in [0.5, 0.6) is 0 Å². The average molecular weight is 300 g/mol. The third-order valence-corrected chi connectivity index (χ3v) is 3.57. The van der Waals surface area contributed by atoms with Crippen LogP contribution in [0.4, 0.5) is 5.69 Å². The van der Waals surface area contributed by atoms with E-state index < -0.39 is 0 Å². The molecule has 0 unspecified atom stereocenters. The predicted octanol–water partition coefficient (Wildman–Crippen LogP) is 2.64. The second-order valence-corrected chi connectivity index (χ2v) is 4.91. The molecule has 1 aliphatic rings. The molecule has 0 bridgehead atoms. The number of benzene rings is 2. The molecule has 0 spiro atoms. The first-order chi connectivity index (χ1) is 10.1. The van der Waals surface area contributed by atoms with Crippen molar-refractivity contribution in [2.24, 2.45) is 0 Å². The van der Waals surface area contributed by atoms with E-state index >= 15 is 0 Å². The lowest BCUT2D eigenvalue weighted by Gasteiger charge is -2.18. The van der Waals surface area contributed by atoms with Gasteiger partial charge in [0.15, 0.2) is 11.6 Å². The monoisotopic (exact) mass is 299 g/mol. The Hall–Kier alpha value is -2.46. The highest BCUT2D eigenvalue weighted by Crippen LogP contribution is 2.29. The van der Waals surface area contributed by atoms with E-state index in [4.69, 9.17) is 11.6 Å². The minimum absolute atomic E-state index is 0.174. The highest BCUT2D eigenvalue weighted by molar-refractivity contribution is 6.30. The Balaban J connectivity index is 2.09. The van der Waals surface area contributed by atoms with Gasteiger partial charge in [0.25, 0.3) is 0 Å². The second kappa shape index (κ2) is 5.14. The minimum Gasteiger partial charge on any atom is -0.325 e. The van der Waals surface area contributed by atoms with E-state index in [1.165, 1.54) is 6.07 Å². The van der Waals surface area contributed by atoms with Gasteiger partial charge in [-0.1, -0.05) is 24.3 Å². The molecule has 0 radical (unpaired) electrons. The number of anilines is 1. The molecular weight excluding hydrogens is 290 g/mol. The Bertz CT molecular complexity index is 783. The van der Waals surface area contributed by atoms with Gasteiger partial charge in [-0.05, 0) is 18.2 Å². The van der Waals surface area contributed by atoms with Gasteiger partial charge in [-0.3, -0.25) is 14.4 Å². The van der Waals surface area contributed by atoms with Gasteiger partial charge >= 0.3 is 0 Å². The van der Waals surface area contributed by atoms with Crippen molar-refractivity contribution in [3.63, 3.8) is 0 Å². The standard InChI is InChI=1S/C16H10ClNO3/c17-8-14(19)18-9-5-6-12-13(7-9)16(21)11-4-2-1-3-10(11)15(12)20/h1-7H,8H2,(H,18,19). The molecule has 2 aromatic rings. The maximum atomic E-state index is 12.5. The maximum absolute atomic E-state index is 12.5. The Labute approximate surface area is 125 Å². The first-order valence-electron chi connectivity index (χ1n) is 6.30. The number of hydrogen-bond donors (Lipinski definition) is 1. The first-order valence-corrected chi connectivity index (χ1v) is 6.83. The van der Waals surface area contributed by atoms with Gasteiger partial charge in [-0.25, -0.2) is 0 Å². The number of hydrogen-bond acceptors (Lipinski definition) is 3. The van der Waals surface area contributed by atoms with Crippen LogP contribution in [-0.4, -0.2) is 23.4 Å². The molecule has 0 saturated heterocycles. The van der Waals surface area contributed by atoms with E-state index in [0.29, 0.717) is 27.9 Å². The SMILES string of the molecule is O=C(CCl)Nc1ccc2c(c1)C(=O)c1ccccc1C2=O. The number of ketones is 2. The number of carbonyl (C=O) groups excluding carboxylic acids is 3. The number of nitrogens with one attached hydrogen (secondary N) is 1. The topological polar surface area (TPSA) is 63.2 Å². The van der Waals surface area contributed by atoms with Crippen LogP contribution in [0.25, 0.3) is 0 Å². The van der Waals surface area contributed by atoms with Crippen molar-refractivity contribution in [1.29, 1.82) is 0 Å². The minimum atomic E-state index is -0.369. The van der Waals surface area contributed by atoms with Crippen LogP contribution in [-0.2, 0) is 4.79 Å². The fourth-order valence-electron chi connectivity index (χ4n) is 2.37. The molecule has 3 rings (SSSR count). The Morgan fingerprint density at radius 3 is 2.10 bits per heavy atom. The lowest BCUT2D eigenvalue weighted by Crippen LogP contribution is -2.21. The summed E-state index contributed by atoms with van der Waals surface area (Å²) < 4.78 is 0. The Morgan fingerprint density at radius 2 is 1.48 bits per heavy atom. The number of alkyl halides is 1. The van der Waals surface area contributed by atoms with Crippen molar-refractivity contribution in [1.82, 2.24) is 0 Å². The molecule has 1 amide bonds. The number of rotatable bonds is 2. The highest BCUT2D eigenvalue weighted by Gasteiger charge is 2.29. The summed E-state index contributed by atoms with van der Waals surface area (Å²) in [6.07, 6.45) is 0. The molecule has 0 heterocycles. The lowest BCUT2D eigenvalue weighted by atomic mass is 9.84. The van der Waals surface area contributed by atoms with E-state index in [1.807, 2.05) is 0 Å². The summed E-state index contributed by atoms with van der Waals surface area (Å²) in [5.41, 5.74) is 1.89. The molecule has 0 saturated carbocycles. The van der Waals surface area contributed by atoms with Crippen LogP contribution in [0, 0.1) is 0 Å². The molecule has 5 heteroatoms. The van der Waals surface area contributed by atoms with Gasteiger partial charge in [0.2, 0.25) is 5.91 Å². The molecule has 104 valence electrons. The van der Waals surface area contributed by atoms with Crippen LogP contribution in [0.1, 0.15) is 31.8 Å². The number of carbonyl (C=O) groups is 3. The molecule has 0 fully saturated rings. The summed E-state index contributed by atoms with van der Waals surface area (Å²) in [4.78, 5) is 36.2. The molecular formula is C16H10ClNO3. The third-order valence-electron chi connectivity index (χ3n) is 3.33. The highest BCUT2D eigenvalue weighted by atomic mass is 35.5. The van der Waals surface area contributed by atoms with Crippen molar-refractivity contribution in [2.45, 2.75) is 0 Å². The molecule has 0 atom stereocenters. The summed E-state index contributed by atoms with van der Waals surface area (Å²) in [6, 6.07) is 11.4. The molecule has 1 aliphatic carbocycles. The first kappa shape index (κ1) is 13.5. The van der Waals surface area contributed by atoms with E-state index in [1.54, 1.807) is 36.4 Å². The number of amides is 1. The summed E-state index contributed by atoms with van der Waals surface area (Å²) in [5, 5.41) is 2.57. The van der Waals surface area contributed by atoms with E-state index in [-0.39, 0.29) is 23.4 Å².